The van der Waals surface area contributed by atoms with E-state index in [9.17, 15) is 18.7 Å². The topological polar surface area (TPSA) is 71.5 Å². The largest absolute Gasteiger partial charge is 0.435 e. The first-order chi connectivity index (χ1) is 13.7. The Morgan fingerprint density at radius 1 is 1.24 bits per heavy atom. The number of pyridine rings is 1. The molecule has 0 spiro atoms. The Balaban J connectivity index is 1.60. The zero-order chi connectivity index (χ0) is 21.0. The summed E-state index contributed by atoms with van der Waals surface area (Å²) in [5.74, 6) is -1.57. The van der Waals surface area contributed by atoms with Crippen LogP contribution < -0.4 is 10.1 Å². The summed E-state index contributed by atoms with van der Waals surface area (Å²) < 4.78 is 32.4. The molecule has 5 nitrogen and oxygen atoms in total. The van der Waals surface area contributed by atoms with Gasteiger partial charge >= 0.3 is 0 Å². The number of hydrogen-bond donors (Lipinski definition) is 2. The molecule has 0 aliphatic heterocycles. The fourth-order valence-corrected chi connectivity index (χ4v) is 3.71. The lowest BCUT2D eigenvalue weighted by atomic mass is 9.75. The van der Waals surface area contributed by atoms with E-state index in [4.69, 9.17) is 4.74 Å². The number of amides is 1. The highest BCUT2D eigenvalue weighted by Crippen LogP contribution is 2.35. The normalized spacial score (nSPS) is 19.6. The third-order valence-electron chi connectivity index (χ3n) is 5.51. The minimum Gasteiger partial charge on any atom is -0.435 e. The maximum Gasteiger partial charge on any atom is 0.256 e. The molecule has 0 unspecified atom stereocenters. The molecule has 7 heteroatoms. The van der Waals surface area contributed by atoms with E-state index in [1.165, 1.54) is 6.20 Å². The Hall–Kier alpha value is -2.54. The maximum absolute atomic E-state index is 13.9. The Labute approximate surface area is 169 Å². The van der Waals surface area contributed by atoms with E-state index in [2.05, 4.69) is 10.3 Å². The first-order valence-electron chi connectivity index (χ1n) is 9.82. The smallest absolute Gasteiger partial charge is 0.256 e. The minimum atomic E-state index is -0.870. The van der Waals surface area contributed by atoms with Crippen molar-refractivity contribution in [3.8, 4) is 11.6 Å². The van der Waals surface area contributed by atoms with Gasteiger partial charge in [0.2, 0.25) is 5.88 Å². The highest BCUT2D eigenvalue weighted by atomic mass is 19.1. The summed E-state index contributed by atoms with van der Waals surface area (Å²) >= 11 is 0. The number of aliphatic hydroxyl groups is 1. The molecule has 1 aromatic heterocycles. The van der Waals surface area contributed by atoms with Crippen LogP contribution in [0.3, 0.4) is 0 Å². The molecule has 0 radical (unpaired) electrons. The van der Waals surface area contributed by atoms with E-state index in [0.717, 1.165) is 37.8 Å². The lowest BCUT2D eigenvalue weighted by Crippen LogP contribution is -2.37. The Bertz CT molecular complexity index is 859. The van der Waals surface area contributed by atoms with Crippen LogP contribution in [-0.4, -0.2) is 28.1 Å². The fraction of sp³-hybridized carbons (Fsp3) is 0.455. The first-order valence-corrected chi connectivity index (χ1v) is 9.82. The van der Waals surface area contributed by atoms with Gasteiger partial charge in [-0.2, -0.15) is 0 Å². The van der Waals surface area contributed by atoms with E-state index in [1.807, 2.05) is 13.8 Å². The van der Waals surface area contributed by atoms with Crippen molar-refractivity contribution in [1.82, 2.24) is 10.3 Å². The molecule has 1 aliphatic rings. The van der Waals surface area contributed by atoms with E-state index in [1.54, 1.807) is 12.1 Å². The predicted molar refractivity (Wildman–Crippen MR) is 105 cm³/mol. The average Bonchev–Trinajstić information content (AvgIpc) is 2.68. The van der Waals surface area contributed by atoms with Gasteiger partial charge < -0.3 is 15.2 Å². The summed E-state index contributed by atoms with van der Waals surface area (Å²) in [4.78, 5) is 16.7. The number of benzene rings is 1. The molecule has 0 atom stereocenters. The maximum atomic E-state index is 13.9. The van der Waals surface area contributed by atoms with Crippen molar-refractivity contribution >= 4 is 5.91 Å². The molecular weight excluding hydrogens is 378 g/mol. The zero-order valence-corrected chi connectivity index (χ0v) is 16.6. The highest BCUT2D eigenvalue weighted by Gasteiger charge is 2.31. The number of nitrogens with one attached hydrogen (secondary N) is 1. The third kappa shape index (κ3) is 5.50. The molecule has 1 fully saturated rings. The number of nitrogens with zero attached hydrogens (tertiary/aromatic N) is 1. The predicted octanol–water partition coefficient (Wildman–Crippen LogP) is 4.46. The molecule has 156 valence electrons. The second kappa shape index (κ2) is 8.86. The number of hydrogen-bond acceptors (Lipinski definition) is 4. The van der Waals surface area contributed by atoms with E-state index < -0.39 is 17.2 Å². The monoisotopic (exact) mass is 404 g/mol. The lowest BCUT2D eigenvalue weighted by molar-refractivity contribution is -0.00575. The van der Waals surface area contributed by atoms with Crippen molar-refractivity contribution in [2.75, 3.05) is 6.54 Å². The van der Waals surface area contributed by atoms with Crippen molar-refractivity contribution < 1.29 is 23.4 Å². The van der Waals surface area contributed by atoms with Gasteiger partial charge in [-0.1, -0.05) is 0 Å². The Morgan fingerprint density at radius 3 is 2.62 bits per heavy atom. The third-order valence-corrected chi connectivity index (χ3v) is 5.51. The van der Waals surface area contributed by atoms with Gasteiger partial charge in [-0.05, 0) is 75.6 Å². The van der Waals surface area contributed by atoms with Crippen LogP contribution >= 0.6 is 0 Å². The van der Waals surface area contributed by atoms with Crippen molar-refractivity contribution in [2.45, 2.75) is 45.1 Å². The molecular formula is C22H26F2N2O3. The highest BCUT2D eigenvalue weighted by molar-refractivity contribution is 5.96. The van der Waals surface area contributed by atoms with Crippen molar-refractivity contribution in [3.05, 3.63) is 53.7 Å². The van der Waals surface area contributed by atoms with Crippen molar-refractivity contribution in [3.63, 3.8) is 0 Å². The van der Waals surface area contributed by atoms with Crippen LogP contribution in [0.25, 0.3) is 0 Å². The summed E-state index contributed by atoms with van der Waals surface area (Å²) in [5, 5.41) is 13.0. The van der Waals surface area contributed by atoms with Gasteiger partial charge in [-0.15, -0.1) is 0 Å². The summed E-state index contributed by atoms with van der Waals surface area (Å²) in [6.07, 6.45) is 5.16. The summed E-state index contributed by atoms with van der Waals surface area (Å²) in [7, 11) is 0. The van der Waals surface area contributed by atoms with E-state index in [-0.39, 0.29) is 29.0 Å². The average molecular weight is 404 g/mol. The van der Waals surface area contributed by atoms with Crippen LogP contribution in [0.1, 0.15) is 49.9 Å². The number of aromatic nitrogens is 1. The van der Waals surface area contributed by atoms with Crippen molar-refractivity contribution in [1.29, 1.82) is 0 Å². The molecule has 1 heterocycles. The van der Waals surface area contributed by atoms with Gasteiger partial charge in [-0.3, -0.25) is 4.79 Å². The number of rotatable bonds is 6. The molecule has 3 rings (SSSR count). The lowest BCUT2D eigenvalue weighted by Gasteiger charge is -2.35. The van der Waals surface area contributed by atoms with Gasteiger partial charge in [0, 0.05) is 18.8 Å². The summed E-state index contributed by atoms with van der Waals surface area (Å²) in [6, 6.07) is 6.08. The molecule has 1 aliphatic carbocycles. The fourth-order valence-electron chi connectivity index (χ4n) is 3.71. The second-order valence-corrected chi connectivity index (χ2v) is 8.11. The van der Waals surface area contributed by atoms with Gasteiger partial charge in [0.15, 0.2) is 11.6 Å². The van der Waals surface area contributed by atoms with Gasteiger partial charge in [-0.25, -0.2) is 13.8 Å². The second-order valence-electron chi connectivity index (χ2n) is 8.11. The van der Waals surface area contributed by atoms with Crippen LogP contribution in [-0.2, 0) is 0 Å². The Morgan fingerprint density at radius 2 is 1.97 bits per heavy atom. The van der Waals surface area contributed by atoms with Gasteiger partial charge in [0.1, 0.15) is 11.4 Å². The zero-order valence-electron chi connectivity index (χ0n) is 16.6. The molecule has 0 saturated heterocycles. The van der Waals surface area contributed by atoms with E-state index in [0.29, 0.717) is 18.5 Å². The number of halogens is 2. The summed E-state index contributed by atoms with van der Waals surface area (Å²) in [5.41, 5.74) is -0.493. The molecule has 0 bridgehead atoms. The van der Waals surface area contributed by atoms with Crippen LogP contribution in [0.5, 0.6) is 11.6 Å². The van der Waals surface area contributed by atoms with Crippen LogP contribution in [0.2, 0.25) is 0 Å². The molecule has 2 aromatic rings. The number of ether oxygens (including phenoxy) is 1. The first kappa shape index (κ1) is 21.2. The molecule has 1 saturated carbocycles. The molecule has 2 N–H and O–H groups in total. The van der Waals surface area contributed by atoms with Gasteiger partial charge in [0.05, 0.1) is 5.60 Å². The van der Waals surface area contributed by atoms with Gasteiger partial charge in [0.25, 0.3) is 5.91 Å². The molecule has 1 amide bonds. The van der Waals surface area contributed by atoms with Crippen LogP contribution in [0, 0.1) is 23.5 Å². The SMILES string of the molecule is CC(C)(O)C1CCC(CNC(=O)c2cccnc2Oc2ccc(F)cc2F)CC1. The van der Waals surface area contributed by atoms with E-state index >= 15 is 0 Å². The Kier molecular flexibility index (Phi) is 6.47. The number of carbonyl (C=O) groups is 1. The summed E-state index contributed by atoms with van der Waals surface area (Å²) in [6.45, 7) is 4.19. The standard InChI is InChI=1S/C22H26F2N2O3/c1-22(2,28)15-7-5-14(6-8-15)13-26-20(27)17-4-3-11-25-21(17)29-19-10-9-16(23)12-18(19)24/h3-4,9-12,14-15,28H,5-8,13H2,1-2H3,(H,26,27). The van der Waals surface area contributed by atoms with Crippen LogP contribution in [0.15, 0.2) is 36.5 Å². The minimum absolute atomic E-state index is 0.0405. The quantitative estimate of drug-likeness (QED) is 0.746. The number of carbonyl (C=O) groups excluding carboxylic acids is 1. The molecule has 1 aromatic carbocycles. The van der Waals surface area contributed by atoms with Crippen molar-refractivity contribution in [2.24, 2.45) is 11.8 Å². The van der Waals surface area contributed by atoms with Crippen LogP contribution in [0.4, 0.5) is 8.78 Å². The molecule has 29 heavy (non-hydrogen) atoms.